The van der Waals surface area contributed by atoms with Gasteiger partial charge in [0.05, 0.1) is 19.4 Å². The molecule has 4 N–H and O–H groups in total. The van der Waals surface area contributed by atoms with Gasteiger partial charge in [-0.25, -0.2) is 4.79 Å². The maximum Gasteiger partial charge on any atom is 0.408 e. The molecule has 230 valence electrons. The Morgan fingerprint density at radius 2 is 1.61 bits per heavy atom. The van der Waals surface area contributed by atoms with E-state index in [9.17, 15) is 24.0 Å². The fourth-order valence-corrected chi connectivity index (χ4v) is 4.15. The Balaban J connectivity index is 3.56. The molecule has 0 bridgehead atoms. The smallest absolute Gasteiger partial charge is 0.408 e. The third-order valence-corrected chi connectivity index (χ3v) is 6.14. The van der Waals surface area contributed by atoms with E-state index in [1.807, 2.05) is 26.0 Å². The number of rotatable bonds is 15. The van der Waals surface area contributed by atoms with Gasteiger partial charge in [0, 0.05) is 12.6 Å². The highest BCUT2D eigenvalue weighted by atomic mass is 16.6. The molecule has 1 aromatic rings. The number of carbonyl (C=O) groups excluding carboxylic acids is 5. The van der Waals surface area contributed by atoms with Gasteiger partial charge in [-0.2, -0.15) is 0 Å². The zero-order valence-electron chi connectivity index (χ0n) is 25.7. The summed E-state index contributed by atoms with van der Waals surface area (Å²) in [4.78, 5) is 65.9. The van der Waals surface area contributed by atoms with Gasteiger partial charge in [0.25, 0.3) is 0 Å². The number of amides is 4. The Kier molecular flexibility index (Phi) is 14.3. The highest BCUT2D eigenvalue weighted by Gasteiger charge is 2.39. The summed E-state index contributed by atoms with van der Waals surface area (Å²) in [5, 5.41) is 5.24. The number of hydrogen-bond donors (Lipinski definition) is 3. The number of nitrogens with one attached hydrogen (secondary N) is 2. The number of carbonyl (C=O) groups is 5. The molecular formula is C30H48N4O7. The minimum atomic E-state index is -1.37. The second-order valence-corrected chi connectivity index (χ2v) is 11.6. The highest BCUT2D eigenvalue weighted by Crippen LogP contribution is 2.28. The lowest BCUT2D eigenvalue weighted by atomic mass is 9.96. The van der Waals surface area contributed by atoms with Crippen LogP contribution in [0.3, 0.4) is 0 Å². The lowest BCUT2D eigenvalue weighted by Gasteiger charge is -2.38. The quantitative estimate of drug-likeness (QED) is 0.270. The minimum Gasteiger partial charge on any atom is -0.466 e. The second kappa shape index (κ2) is 16.6. The van der Waals surface area contributed by atoms with Gasteiger partial charge in [0.1, 0.15) is 17.7 Å². The van der Waals surface area contributed by atoms with Crippen LogP contribution in [0.1, 0.15) is 91.3 Å². The molecule has 41 heavy (non-hydrogen) atoms. The highest BCUT2D eigenvalue weighted by molar-refractivity contribution is 5.94. The monoisotopic (exact) mass is 576 g/mol. The molecule has 0 saturated carbocycles. The van der Waals surface area contributed by atoms with Crippen LogP contribution < -0.4 is 16.4 Å². The van der Waals surface area contributed by atoms with E-state index in [-0.39, 0.29) is 19.6 Å². The Morgan fingerprint density at radius 1 is 1.00 bits per heavy atom. The number of hydrogen-bond acceptors (Lipinski definition) is 7. The van der Waals surface area contributed by atoms with Crippen molar-refractivity contribution in [3.63, 3.8) is 0 Å². The maximum atomic E-state index is 14.2. The summed E-state index contributed by atoms with van der Waals surface area (Å²) in [6.07, 6.45) is -0.108. The molecular weight excluding hydrogens is 528 g/mol. The van der Waals surface area contributed by atoms with E-state index in [2.05, 4.69) is 24.5 Å². The van der Waals surface area contributed by atoms with Gasteiger partial charge < -0.3 is 30.7 Å². The lowest BCUT2D eigenvalue weighted by molar-refractivity contribution is -0.146. The molecule has 0 fully saturated rings. The van der Waals surface area contributed by atoms with Crippen LogP contribution >= 0.6 is 0 Å². The van der Waals surface area contributed by atoms with Crippen LogP contribution in [-0.2, 0) is 28.7 Å². The summed E-state index contributed by atoms with van der Waals surface area (Å²) >= 11 is 0. The van der Waals surface area contributed by atoms with Crippen molar-refractivity contribution in [2.45, 2.75) is 105 Å². The van der Waals surface area contributed by atoms with Crippen LogP contribution in [0.2, 0.25) is 0 Å². The van der Waals surface area contributed by atoms with Crippen molar-refractivity contribution in [2.75, 3.05) is 13.2 Å². The number of alkyl carbamates (subject to hydrolysis) is 1. The predicted octanol–water partition coefficient (Wildman–Crippen LogP) is 3.53. The second-order valence-electron chi connectivity index (χ2n) is 11.6. The molecule has 1 rings (SSSR count). The summed E-state index contributed by atoms with van der Waals surface area (Å²) in [6, 6.07) is 4.20. The summed E-state index contributed by atoms with van der Waals surface area (Å²) in [5.74, 6) is -2.11. The first-order valence-electron chi connectivity index (χ1n) is 14.2. The Morgan fingerprint density at radius 3 is 2.12 bits per heavy atom. The van der Waals surface area contributed by atoms with Crippen LogP contribution in [0, 0.1) is 12.8 Å². The van der Waals surface area contributed by atoms with Gasteiger partial charge in [0.2, 0.25) is 17.7 Å². The van der Waals surface area contributed by atoms with Crippen molar-refractivity contribution in [3.8, 4) is 0 Å². The third kappa shape index (κ3) is 13.1. The van der Waals surface area contributed by atoms with Gasteiger partial charge in [-0.05, 0) is 65.9 Å². The van der Waals surface area contributed by atoms with E-state index in [0.29, 0.717) is 17.9 Å². The number of nitrogens with two attached hydrogens (primary N) is 1. The van der Waals surface area contributed by atoms with Crippen molar-refractivity contribution in [2.24, 2.45) is 11.7 Å². The van der Waals surface area contributed by atoms with Gasteiger partial charge >= 0.3 is 12.1 Å². The van der Waals surface area contributed by atoms with Crippen molar-refractivity contribution in [1.82, 2.24) is 15.5 Å². The summed E-state index contributed by atoms with van der Waals surface area (Å²) in [6.45, 7) is 14.8. The Bertz CT molecular complexity index is 1030. The summed E-state index contributed by atoms with van der Waals surface area (Å²) in [7, 11) is 0. The molecule has 3 unspecified atom stereocenters. The Labute approximate surface area is 243 Å². The van der Waals surface area contributed by atoms with Crippen LogP contribution in [0.25, 0.3) is 0 Å². The first kappa shape index (κ1) is 35.4. The average molecular weight is 577 g/mol. The maximum absolute atomic E-state index is 14.2. The molecule has 0 aliphatic heterocycles. The lowest BCUT2D eigenvalue weighted by Crippen LogP contribution is -2.56. The van der Waals surface area contributed by atoms with Gasteiger partial charge in [-0.3, -0.25) is 19.2 Å². The number of ether oxygens (including phenoxy) is 2. The van der Waals surface area contributed by atoms with E-state index in [4.69, 9.17) is 15.2 Å². The van der Waals surface area contributed by atoms with Gasteiger partial charge in [-0.15, -0.1) is 0 Å². The summed E-state index contributed by atoms with van der Waals surface area (Å²) < 4.78 is 10.3. The molecule has 0 heterocycles. The standard InChI is InChI=1S/C30H48N4O7/c1-9-40-25(36)16-17-32-27(37)26(22-14-11-20(4)12-15-22)34(21(5)13-10-19(2)3)28(38)23(18-24(31)35)33-29(39)41-30(6,7)8/h11-12,14-15,19,21,23,26H,9-10,13,16-18H2,1-8H3,(H2,31,35)(H,32,37)(H,33,39). The first-order chi connectivity index (χ1) is 19.0. The fourth-order valence-electron chi connectivity index (χ4n) is 4.15. The molecule has 0 aliphatic rings. The molecule has 0 saturated heterocycles. The van der Waals surface area contributed by atoms with Crippen molar-refractivity contribution < 1.29 is 33.4 Å². The van der Waals surface area contributed by atoms with Crippen LogP contribution in [0.4, 0.5) is 4.79 Å². The number of esters is 1. The van der Waals surface area contributed by atoms with E-state index in [1.165, 1.54) is 4.90 Å². The van der Waals surface area contributed by atoms with E-state index in [1.54, 1.807) is 39.8 Å². The topological polar surface area (TPSA) is 157 Å². The van der Waals surface area contributed by atoms with Crippen LogP contribution in [0.15, 0.2) is 24.3 Å². The number of nitrogens with zero attached hydrogens (tertiary/aromatic N) is 1. The van der Waals surface area contributed by atoms with Crippen molar-refractivity contribution in [3.05, 3.63) is 35.4 Å². The van der Waals surface area contributed by atoms with Gasteiger partial charge in [0.15, 0.2) is 0 Å². The van der Waals surface area contributed by atoms with E-state index >= 15 is 0 Å². The molecule has 11 nitrogen and oxygen atoms in total. The molecule has 11 heteroatoms. The molecule has 0 aromatic heterocycles. The SMILES string of the molecule is CCOC(=O)CCNC(=O)C(c1ccc(C)cc1)N(C(=O)C(CC(N)=O)NC(=O)OC(C)(C)C)C(C)CCC(C)C. The van der Waals surface area contributed by atoms with E-state index in [0.717, 1.165) is 12.0 Å². The number of primary amides is 1. The fraction of sp³-hybridized carbons (Fsp3) is 0.633. The number of benzene rings is 1. The number of aryl methyl sites for hydroxylation is 1. The zero-order chi connectivity index (χ0) is 31.3. The predicted molar refractivity (Wildman–Crippen MR) is 156 cm³/mol. The van der Waals surface area contributed by atoms with Crippen molar-refractivity contribution in [1.29, 1.82) is 0 Å². The van der Waals surface area contributed by atoms with Crippen molar-refractivity contribution >= 4 is 29.8 Å². The molecule has 1 aromatic carbocycles. The van der Waals surface area contributed by atoms with Crippen LogP contribution in [0.5, 0.6) is 0 Å². The third-order valence-electron chi connectivity index (χ3n) is 6.14. The zero-order valence-corrected chi connectivity index (χ0v) is 25.7. The first-order valence-corrected chi connectivity index (χ1v) is 14.2. The normalized spacial score (nSPS) is 13.5. The largest absolute Gasteiger partial charge is 0.466 e. The Hall–Kier alpha value is -3.63. The summed E-state index contributed by atoms with van der Waals surface area (Å²) in [5.41, 5.74) is 6.11. The minimum absolute atomic E-state index is 0.00328. The van der Waals surface area contributed by atoms with Gasteiger partial charge in [-0.1, -0.05) is 43.7 Å². The molecule has 0 radical (unpaired) electrons. The molecule has 0 spiro atoms. The molecule has 4 amide bonds. The molecule has 3 atom stereocenters. The van der Waals surface area contributed by atoms with Crippen LogP contribution in [-0.4, -0.2) is 65.5 Å². The molecule has 0 aliphatic carbocycles. The average Bonchev–Trinajstić information content (AvgIpc) is 2.84. The van der Waals surface area contributed by atoms with E-state index < -0.39 is 59.9 Å².